The number of nitrogens with two attached hydrogens (primary N) is 2. The summed E-state index contributed by atoms with van der Waals surface area (Å²) < 4.78 is 0. The van der Waals surface area contributed by atoms with E-state index in [1.807, 2.05) is 6.07 Å². The third-order valence-electron chi connectivity index (χ3n) is 2.86. The van der Waals surface area contributed by atoms with Crippen LogP contribution in [0.2, 0.25) is 0 Å². The second kappa shape index (κ2) is 7.28. The van der Waals surface area contributed by atoms with Crippen LogP contribution in [0.5, 0.6) is 0 Å². The van der Waals surface area contributed by atoms with Gasteiger partial charge in [0.1, 0.15) is 0 Å². The Morgan fingerprint density at radius 2 is 2.00 bits per heavy atom. The van der Waals surface area contributed by atoms with Gasteiger partial charge in [-0.15, -0.1) is 11.8 Å². The number of hydrogen-bond donors (Lipinski definition) is 2. The van der Waals surface area contributed by atoms with E-state index in [2.05, 4.69) is 18.7 Å². The van der Waals surface area contributed by atoms with Crippen molar-refractivity contribution in [1.29, 1.82) is 0 Å². The molecule has 1 aromatic carbocycles. The summed E-state index contributed by atoms with van der Waals surface area (Å²) in [5.74, 6) is 0.516. The Kier molecular flexibility index (Phi) is 6.01. The van der Waals surface area contributed by atoms with Crippen LogP contribution in [0, 0.1) is 0 Å². The van der Waals surface area contributed by atoms with Gasteiger partial charge in [0.05, 0.1) is 5.56 Å². The molecule has 1 aromatic rings. The van der Waals surface area contributed by atoms with Crippen LogP contribution in [0.15, 0.2) is 23.1 Å². The van der Waals surface area contributed by atoms with Crippen molar-refractivity contribution in [2.45, 2.75) is 18.7 Å². The molecule has 0 aliphatic carbocycles. The first kappa shape index (κ1) is 14.9. The van der Waals surface area contributed by atoms with E-state index in [4.69, 9.17) is 11.5 Å². The average Bonchev–Trinajstić information content (AvgIpc) is 2.36. The summed E-state index contributed by atoms with van der Waals surface area (Å²) >= 11 is 1.71. The Bertz CT molecular complexity index is 405. The van der Waals surface area contributed by atoms with E-state index in [0.717, 1.165) is 30.3 Å². The quantitative estimate of drug-likeness (QED) is 0.583. The van der Waals surface area contributed by atoms with Crippen molar-refractivity contribution in [2.24, 2.45) is 5.73 Å². The van der Waals surface area contributed by atoms with Gasteiger partial charge < -0.3 is 16.4 Å². The molecule has 1 amide bonds. The summed E-state index contributed by atoms with van der Waals surface area (Å²) in [5.41, 5.74) is 11.8. The molecule has 4 nitrogen and oxygen atoms in total. The second-order valence-corrected chi connectivity index (χ2v) is 5.16. The van der Waals surface area contributed by atoms with Crippen LogP contribution in [0.25, 0.3) is 0 Å². The van der Waals surface area contributed by atoms with Crippen LogP contribution in [-0.2, 0) is 0 Å². The van der Waals surface area contributed by atoms with Gasteiger partial charge in [-0.2, -0.15) is 0 Å². The van der Waals surface area contributed by atoms with Gasteiger partial charge in [-0.25, -0.2) is 0 Å². The van der Waals surface area contributed by atoms with Crippen LogP contribution in [-0.4, -0.2) is 36.2 Å². The van der Waals surface area contributed by atoms with Gasteiger partial charge in [0, 0.05) is 22.9 Å². The van der Waals surface area contributed by atoms with Crippen LogP contribution in [0.3, 0.4) is 0 Å². The van der Waals surface area contributed by atoms with Gasteiger partial charge in [0.15, 0.2) is 0 Å². The molecule has 0 saturated heterocycles. The SMILES string of the molecule is CCN(CC)CCSc1ccc(N)c(C(N)=O)c1. The minimum absolute atomic E-state index is 0.405. The second-order valence-electron chi connectivity index (χ2n) is 3.99. The number of thioether (sulfide) groups is 1. The molecular weight excluding hydrogens is 246 g/mol. The van der Waals surface area contributed by atoms with Crippen molar-refractivity contribution in [2.75, 3.05) is 31.1 Å². The van der Waals surface area contributed by atoms with Gasteiger partial charge in [-0.3, -0.25) is 4.79 Å². The van der Waals surface area contributed by atoms with E-state index in [9.17, 15) is 4.79 Å². The molecule has 0 unspecified atom stereocenters. The van der Waals surface area contributed by atoms with E-state index in [-0.39, 0.29) is 0 Å². The van der Waals surface area contributed by atoms with Crippen molar-refractivity contribution in [3.8, 4) is 0 Å². The van der Waals surface area contributed by atoms with Gasteiger partial charge in [0.2, 0.25) is 0 Å². The molecular formula is C13H21N3OS. The predicted octanol–water partition coefficient (Wildman–Crippen LogP) is 1.80. The van der Waals surface area contributed by atoms with E-state index in [1.165, 1.54) is 0 Å². The van der Waals surface area contributed by atoms with Crippen molar-refractivity contribution >= 4 is 23.4 Å². The molecule has 5 heteroatoms. The van der Waals surface area contributed by atoms with Gasteiger partial charge in [0.25, 0.3) is 5.91 Å². The lowest BCUT2D eigenvalue weighted by atomic mass is 10.2. The summed E-state index contributed by atoms with van der Waals surface area (Å²) in [6.45, 7) is 7.47. The zero-order valence-electron chi connectivity index (χ0n) is 11.0. The Morgan fingerprint density at radius 1 is 1.33 bits per heavy atom. The lowest BCUT2D eigenvalue weighted by molar-refractivity contribution is 0.100. The molecule has 100 valence electrons. The average molecular weight is 267 g/mol. The topological polar surface area (TPSA) is 72.3 Å². The fraction of sp³-hybridized carbons (Fsp3) is 0.462. The smallest absolute Gasteiger partial charge is 0.250 e. The zero-order valence-corrected chi connectivity index (χ0v) is 11.8. The minimum Gasteiger partial charge on any atom is -0.398 e. The van der Waals surface area contributed by atoms with Crippen molar-refractivity contribution in [3.05, 3.63) is 23.8 Å². The molecule has 0 heterocycles. The largest absolute Gasteiger partial charge is 0.398 e. The normalized spacial score (nSPS) is 10.8. The van der Waals surface area contributed by atoms with Gasteiger partial charge in [-0.05, 0) is 31.3 Å². The molecule has 1 rings (SSSR count). The van der Waals surface area contributed by atoms with Crippen LogP contribution in [0.1, 0.15) is 24.2 Å². The van der Waals surface area contributed by atoms with Crippen molar-refractivity contribution < 1.29 is 4.79 Å². The standard InChI is InChI=1S/C13H21N3OS/c1-3-16(4-2)7-8-18-10-5-6-12(14)11(9-10)13(15)17/h5-6,9H,3-4,7-8,14H2,1-2H3,(H2,15,17). The Labute approximate surface area is 113 Å². The summed E-state index contributed by atoms with van der Waals surface area (Å²) in [4.78, 5) is 14.6. The van der Waals surface area contributed by atoms with Gasteiger partial charge >= 0.3 is 0 Å². The van der Waals surface area contributed by atoms with E-state index in [1.54, 1.807) is 23.9 Å². The number of carbonyl (C=O) groups excluding carboxylic acids is 1. The first-order chi connectivity index (χ1) is 8.58. The first-order valence-corrected chi connectivity index (χ1v) is 7.11. The number of rotatable bonds is 7. The Hall–Kier alpha value is -1.20. The number of nitrogen functional groups attached to an aromatic ring is 1. The predicted molar refractivity (Wildman–Crippen MR) is 77.9 cm³/mol. The number of carbonyl (C=O) groups is 1. The maximum absolute atomic E-state index is 11.2. The molecule has 0 atom stereocenters. The maximum atomic E-state index is 11.2. The first-order valence-electron chi connectivity index (χ1n) is 6.13. The molecule has 4 N–H and O–H groups in total. The summed E-state index contributed by atoms with van der Waals surface area (Å²) in [5, 5.41) is 0. The van der Waals surface area contributed by atoms with Crippen LogP contribution >= 0.6 is 11.8 Å². The highest BCUT2D eigenvalue weighted by Gasteiger charge is 2.07. The maximum Gasteiger partial charge on any atom is 0.250 e. The van der Waals surface area contributed by atoms with Crippen molar-refractivity contribution in [3.63, 3.8) is 0 Å². The third-order valence-corrected chi connectivity index (χ3v) is 3.83. The molecule has 0 bridgehead atoms. The van der Waals surface area contributed by atoms with Gasteiger partial charge in [-0.1, -0.05) is 13.8 Å². The fourth-order valence-corrected chi connectivity index (χ4v) is 2.62. The zero-order chi connectivity index (χ0) is 13.5. The highest BCUT2D eigenvalue weighted by atomic mass is 32.2. The lowest BCUT2D eigenvalue weighted by Crippen LogP contribution is -2.25. The highest BCUT2D eigenvalue weighted by Crippen LogP contribution is 2.22. The summed E-state index contributed by atoms with van der Waals surface area (Å²) in [6, 6.07) is 5.43. The number of anilines is 1. The Balaban J connectivity index is 2.58. The number of nitrogens with zero attached hydrogens (tertiary/aromatic N) is 1. The lowest BCUT2D eigenvalue weighted by Gasteiger charge is -2.17. The Morgan fingerprint density at radius 3 is 2.56 bits per heavy atom. The molecule has 0 spiro atoms. The molecule has 0 aliphatic heterocycles. The van der Waals surface area contributed by atoms with E-state index in [0.29, 0.717) is 11.3 Å². The molecule has 0 radical (unpaired) electrons. The van der Waals surface area contributed by atoms with Crippen LogP contribution < -0.4 is 11.5 Å². The van der Waals surface area contributed by atoms with Crippen LogP contribution in [0.4, 0.5) is 5.69 Å². The molecule has 18 heavy (non-hydrogen) atoms. The van der Waals surface area contributed by atoms with E-state index < -0.39 is 5.91 Å². The number of hydrogen-bond acceptors (Lipinski definition) is 4. The number of amides is 1. The monoisotopic (exact) mass is 267 g/mol. The molecule has 0 aliphatic rings. The van der Waals surface area contributed by atoms with Crippen molar-refractivity contribution in [1.82, 2.24) is 4.90 Å². The third kappa shape index (κ3) is 4.23. The van der Waals surface area contributed by atoms with E-state index >= 15 is 0 Å². The fourth-order valence-electron chi connectivity index (χ4n) is 1.67. The molecule has 0 saturated carbocycles. The minimum atomic E-state index is -0.473. The number of benzene rings is 1. The highest BCUT2D eigenvalue weighted by molar-refractivity contribution is 7.99. The molecule has 0 fully saturated rings. The number of primary amides is 1. The summed E-state index contributed by atoms with van der Waals surface area (Å²) in [7, 11) is 0. The summed E-state index contributed by atoms with van der Waals surface area (Å²) in [6.07, 6.45) is 0. The molecule has 0 aromatic heterocycles.